The van der Waals surface area contributed by atoms with Gasteiger partial charge in [-0.1, -0.05) is 20.8 Å². The Kier molecular flexibility index (Phi) is 5.08. The van der Waals surface area contributed by atoms with Crippen LogP contribution in [0.4, 0.5) is 0 Å². The summed E-state index contributed by atoms with van der Waals surface area (Å²) in [6, 6.07) is 0.855. The Morgan fingerprint density at radius 1 is 1.35 bits per heavy atom. The van der Waals surface area contributed by atoms with Gasteiger partial charge in [0.1, 0.15) is 0 Å². The molecule has 2 aliphatic rings. The number of nitrogens with zero attached hydrogens (tertiary/aromatic N) is 1. The lowest BCUT2D eigenvalue weighted by Crippen LogP contribution is -2.39. The van der Waals surface area contributed by atoms with Crippen LogP contribution in [0.15, 0.2) is 0 Å². The van der Waals surface area contributed by atoms with Gasteiger partial charge in [0.15, 0.2) is 0 Å². The zero-order valence-corrected chi connectivity index (χ0v) is 13.3. The van der Waals surface area contributed by atoms with Crippen molar-refractivity contribution in [2.24, 2.45) is 23.0 Å². The summed E-state index contributed by atoms with van der Waals surface area (Å²) in [6.45, 7) is 10.1. The fourth-order valence-corrected chi connectivity index (χ4v) is 3.21. The number of amides is 1. The van der Waals surface area contributed by atoms with E-state index in [4.69, 9.17) is 5.73 Å². The highest BCUT2D eigenvalue weighted by Gasteiger charge is 2.34. The maximum absolute atomic E-state index is 12.2. The van der Waals surface area contributed by atoms with Crippen LogP contribution in [0.25, 0.3) is 0 Å². The average Bonchev–Trinajstić information content (AvgIpc) is 3.11. The van der Waals surface area contributed by atoms with E-state index in [1.54, 1.807) is 0 Å². The first-order chi connectivity index (χ1) is 9.39. The maximum atomic E-state index is 12.2. The molecule has 0 aromatic heterocycles. The van der Waals surface area contributed by atoms with E-state index in [9.17, 15) is 4.79 Å². The molecule has 4 nitrogen and oxygen atoms in total. The van der Waals surface area contributed by atoms with E-state index >= 15 is 0 Å². The van der Waals surface area contributed by atoms with Crippen LogP contribution in [-0.2, 0) is 4.79 Å². The molecule has 0 aromatic carbocycles. The molecule has 20 heavy (non-hydrogen) atoms. The molecule has 2 unspecified atom stereocenters. The second kappa shape index (κ2) is 6.44. The lowest BCUT2D eigenvalue weighted by atomic mass is 9.84. The number of nitrogens with two attached hydrogens (primary N) is 1. The Morgan fingerprint density at radius 3 is 2.60 bits per heavy atom. The Hall–Kier alpha value is -0.610. The first-order valence-electron chi connectivity index (χ1n) is 8.11. The SMILES string of the molecule is CC(C)(C)CC(CN)C(=O)NCC1CCN(C2CC2)C1. The second-order valence-electron chi connectivity index (χ2n) is 7.82. The standard InChI is InChI=1S/C16H31N3O/c1-16(2,3)8-13(9-17)15(20)18-10-12-6-7-19(11-12)14-4-5-14/h12-14H,4-11,17H2,1-3H3,(H,18,20). The lowest BCUT2D eigenvalue weighted by Gasteiger charge is -2.25. The van der Waals surface area contributed by atoms with Crippen LogP contribution in [0.2, 0.25) is 0 Å². The minimum absolute atomic E-state index is 0.0454. The number of nitrogens with one attached hydrogen (secondary N) is 1. The summed E-state index contributed by atoms with van der Waals surface area (Å²) in [4.78, 5) is 14.8. The molecule has 3 N–H and O–H groups in total. The van der Waals surface area contributed by atoms with Gasteiger partial charge in [-0.3, -0.25) is 4.79 Å². The largest absolute Gasteiger partial charge is 0.355 e. The van der Waals surface area contributed by atoms with E-state index in [1.165, 1.54) is 25.8 Å². The van der Waals surface area contributed by atoms with Gasteiger partial charge >= 0.3 is 0 Å². The van der Waals surface area contributed by atoms with Crippen LogP contribution in [-0.4, -0.2) is 43.0 Å². The molecule has 1 aliphatic carbocycles. The van der Waals surface area contributed by atoms with E-state index in [1.807, 2.05) is 0 Å². The summed E-state index contributed by atoms with van der Waals surface area (Å²) in [5.41, 5.74) is 5.92. The van der Waals surface area contributed by atoms with Gasteiger partial charge in [0.25, 0.3) is 0 Å². The van der Waals surface area contributed by atoms with E-state index in [-0.39, 0.29) is 17.2 Å². The molecule has 0 spiro atoms. The van der Waals surface area contributed by atoms with Crippen LogP contribution < -0.4 is 11.1 Å². The predicted octanol–water partition coefficient (Wildman–Crippen LogP) is 1.60. The molecular formula is C16H31N3O. The number of likely N-dealkylation sites (tertiary alicyclic amines) is 1. The van der Waals surface area contributed by atoms with Gasteiger partial charge in [-0.05, 0) is 43.6 Å². The quantitative estimate of drug-likeness (QED) is 0.777. The third-order valence-corrected chi connectivity index (χ3v) is 4.46. The summed E-state index contributed by atoms with van der Waals surface area (Å²) >= 11 is 0. The molecule has 0 radical (unpaired) electrons. The molecule has 1 heterocycles. The summed E-state index contributed by atoms with van der Waals surface area (Å²) in [5, 5.41) is 3.13. The fraction of sp³-hybridized carbons (Fsp3) is 0.938. The number of carbonyl (C=O) groups excluding carboxylic acids is 1. The van der Waals surface area contributed by atoms with Gasteiger partial charge in [-0.15, -0.1) is 0 Å². The molecule has 116 valence electrons. The molecule has 2 atom stereocenters. The molecule has 1 saturated heterocycles. The molecule has 1 amide bonds. The van der Waals surface area contributed by atoms with Crippen LogP contribution in [0.1, 0.15) is 46.5 Å². The summed E-state index contributed by atoms with van der Waals surface area (Å²) in [5.74, 6) is 0.732. The van der Waals surface area contributed by atoms with Gasteiger partial charge in [0, 0.05) is 25.7 Å². The minimum atomic E-state index is -0.0454. The zero-order valence-electron chi connectivity index (χ0n) is 13.3. The highest BCUT2D eigenvalue weighted by atomic mass is 16.1. The molecule has 2 fully saturated rings. The van der Waals surface area contributed by atoms with Crippen molar-refractivity contribution in [2.75, 3.05) is 26.2 Å². The molecule has 4 heteroatoms. The third kappa shape index (κ3) is 4.74. The summed E-state index contributed by atoms with van der Waals surface area (Å²) in [7, 11) is 0. The van der Waals surface area contributed by atoms with Gasteiger partial charge in [-0.25, -0.2) is 0 Å². The van der Waals surface area contributed by atoms with Crippen molar-refractivity contribution in [1.29, 1.82) is 0 Å². The van der Waals surface area contributed by atoms with E-state index in [0.29, 0.717) is 12.5 Å². The lowest BCUT2D eigenvalue weighted by molar-refractivity contribution is -0.125. The van der Waals surface area contributed by atoms with Gasteiger partial charge < -0.3 is 16.0 Å². The topological polar surface area (TPSA) is 58.4 Å². The van der Waals surface area contributed by atoms with Crippen molar-refractivity contribution in [3.05, 3.63) is 0 Å². The van der Waals surface area contributed by atoms with Crippen molar-refractivity contribution in [3.63, 3.8) is 0 Å². The molecular weight excluding hydrogens is 250 g/mol. The molecule has 1 saturated carbocycles. The smallest absolute Gasteiger partial charge is 0.224 e. The summed E-state index contributed by atoms with van der Waals surface area (Å²) in [6.07, 6.45) is 4.83. The molecule has 0 bridgehead atoms. The first-order valence-corrected chi connectivity index (χ1v) is 8.11. The van der Waals surface area contributed by atoms with Gasteiger partial charge in [-0.2, -0.15) is 0 Å². The number of rotatable bonds is 6. The van der Waals surface area contributed by atoms with Crippen LogP contribution >= 0.6 is 0 Å². The summed E-state index contributed by atoms with van der Waals surface area (Å²) < 4.78 is 0. The molecule has 2 rings (SSSR count). The monoisotopic (exact) mass is 281 g/mol. The molecule has 0 aromatic rings. The second-order valence-corrected chi connectivity index (χ2v) is 7.82. The number of hydrogen-bond donors (Lipinski definition) is 2. The maximum Gasteiger partial charge on any atom is 0.224 e. The van der Waals surface area contributed by atoms with Crippen molar-refractivity contribution in [2.45, 2.75) is 52.5 Å². The van der Waals surface area contributed by atoms with Crippen molar-refractivity contribution < 1.29 is 4.79 Å². The highest BCUT2D eigenvalue weighted by molar-refractivity contribution is 5.78. The average molecular weight is 281 g/mol. The van der Waals surface area contributed by atoms with Crippen LogP contribution in [0.5, 0.6) is 0 Å². The first kappa shape index (κ1) is 15.8. The van der Waals surface area contributed by atoms with Crippen LogP contribution in [0.3, 0.4) is 0 Å². The number of hydrogen-bond acceptors (Lipinski definition) is 3. The normalized spacial score (nSPS) is 25.7. The Labute approximate surface area is 123 Å². The van der Waals surface area contributed by atoms with E-state index in [0.717, 1.165) is 25.6 Å². The van der Waals surface area contributed by atoms with Gasteiger partial charge in [0.2, 0.25) is 5.91 Å². The molecule has 1 aliphatic heterocycles. The van der Waals surface area contributed by atoms with E-state index < -0.39 is 0 Å². The number of carbonyl (C=O) groups is 1. The van der Waals surface area contributed by atoms with E-state index in [2.05, 4.69) is 31.0 Å². The van der Waals surface area contributed by atoms with Crippen molar-refractivity contribution in [1.82, 2.24) is 10.2 Å². The van der Waals surface area contributed by atoms with Crippen molar-refractivity contribution in [3.8, 4) is 0 Å². The Balaban J connectivity index is 1.70. The highest BCUT2D eigenvalue weighted by Crippen LogP contribution is 2.31. The third-order valence-electron chi connectivity index (χ3n) is 4.46. The van der Waals surface area contributed by atoms with Crippen molar-refractivity contribution >= 4 is 5.91 Å². The predicted molar refractivity (Wildman–Crippen MR) is 82.3 cm³/mol. The minimum Gasteiger partial charge on any atom is -0.355 e. The van der Waals surface area contributed by atoms with Crippen LogP contribution in [0, 0.1) is 17.3 Å². The Bertz CT molecular complexity index is 333. The fourth-order valence-electron chi connectivity index (χ4n) is 3.21. The zero-order chi connectivity index (χ0) is 14.8. The van der Waals surface area contributed by atoms with Gasteiger partial charge in [0.05, 0.1) is 5.92 Å². The Morgan fingerprint density at radius 2 is 2.05 bits per heavy atom.